The summed E-state index contributed by atoms with van der Waals surface area (Å²) in [6.07, 6.45) is 2.40. The zero-order valence-electron chi connectivity index (χ0n) is 6.66. The van der Waals surface area contributed by atoms with E-state index in [4.69, 9.17) is 0 Å². The minimum absolute atomic E-state index is 0.657. The molecular weight excluding hydrogens is 140 g/mol. The van der Waals surface area contributed by atoms with Crippen LogP contribution in [0, 0.1) is 13.8 Å². The van der Waals surface area contributed by atoms with Crippen molar-refractivity contribution in [1.29, 1.82) is 0 Å². The molecule has 0 aromatic carbocycles. The number of nitrogens with zero attached hydrogens (tertiary/aromatic N) is 2. The minimum Gasteiger partial charge on any atom is -0.298 e. The highest BCUT2D eigenvalue weighted by atomic mass is 16.1. The summed E-state index contributed by atoms with van der Waals surface area (Å²) in [6.45, 7) is 7.21. The van der Waals surface area contributed by atoms with Crippen molar-refractivity contribution in [1.82, 2.24) is 9.78 Å². The zero-order valence-corrected chi connectivity index (χ0v) is 6.66. The molecule has 1 aromatic heterocycles. The molecule has 3 heteroatoms. The number of hydrogen-bond donors (Lipinski definition) is 0. The molecule has 0 unspecified atom stereocenters. The maximum Gasteiger partial charge on any atom is 0.153 e. The molecule has 0 saturated heterocycles. The smallest absolute Gasteiger partial charge is 0.153 e. The molecule has 58 valence electrons. The Morgan fingerprint density at radius 3 is 2.45 bits per heavy atom. The average molecular weight is 150 g/mol. The molecule has 0 amide bonds. The molecule has 0 radical (unpaired) electrons. The normalized spacial score (nSPS) is 9.64. The molecule has 1 aromatic rings. The number of carbonyl (C=O) groups is 1. The second-order valence-corrected chi connectivity index (χ2v) is 2.33. The number of hydrogen-bond acceptors (Lipinski definition) is 2. The van der Waals surface area contributed by atoms with Crippen LogP contribution in [0.15, 0.2) is 6.58 Å². The lowest BCUT2D eigenvalue weighted by molar-refractivity contribution is 0.112. The highest BCUT2D eigenvalue weighted by molar-refractivity contribution is 5.78. The van der Waals surface area contributed by atoms with Crippen LogP contribution >= 0.6 is 0 Å². The predicted molar refractivity (Wildman–Crippen MR) is 43.5 cm³/mol. The van der Waals surface area contributed by atoms with Crippen LogP contribution in [0.3, 0.4) is 0 Å². The zero-order chi connectivity index (χ0) is 8.43. The van der Waals surface area contributed by atoms with Gasteiger partial charge in [-0.25, -0.2) is 4.68 Å². The fourth-order valence-electron chi connectivity index (χ4n) is 1.02. The highest BCUT2D eigenvalue weighted by Gasteiger charge is 2.07. The first-order chi connectivity index (χ1) is 5.20. The monoisotopic (exact) mass is 150 g/mol. The van der Waals surface area contributed by atoms with E-state index in [1.165, 1.54) is 0 Å². The summed E-state index contributed by atoms with van der Waals surface area (Å²) < 4.78 is 1.60. The van der Waals surface area contributed by atoms with Crippen LogP contribution in [0.4, 0.5) is 0 Å². The van der Waals surface area contributed by atoms with Crippen LogP contribution in [0.1, 0.15) is 21.7 Å². The Morgan fingerprint density at radius 2 is 2.18 bits per heavy atom. The van der Waals surface area contributed by atoms with Crippen LogP contribution in [0.25, 0.3) is 6.20 Å². The van der Waals surface area contributed by atoms with Gasteiger partial charge in [0.2, 0.25) is 0 Å². The van der Waals surface area contributed by atoms with Crippen molar-refractivity contribution in [3.05, 3.63) is 23.5 Å². The molecular formula is C8H10N2O. The Bertz CT molecular complexity index is 299. The maximum absolute atomic E-state index is 10.5. The molecule has 1 heterocycles. The largest absolute Gasteiger partial charge is 0.298 e. The average Bonchev–Trinajstić information content (AvgIpc) is 2.26. The summed E-state index contributed by atoms with van der Waals surface area (Å²) in [7, 11) is 0. The lowest BCUT2D eigenvalue weighted by Gasteiger charge is -1.92. The van der Waals surface area contributed by atoms with Gasteiger partial charge in [-0.05, 0) is 13.8 Å². The molecule has 11 heavy (non-hydrogen) atoms. The Balaban J connectivity index is 3.35. The third kappa shape index (κ3) is 1.09. The van der Waals surface area contributed by atoms with Crippen LogP contribution < -0.4 is 0 Å². The molecule has 0 atom stereocenters. The van der Waals surface area contributed by atoms with Gasteiger partial charge < -0.3 is 0 Å². The quantitative estimate of drug-likeness (QED) is 0.597. The first-order valence-corrected chi connectivity index (χ1v) is 3.34. The lowest BCUT2D eigenvalue weighted by atomic mass is 10.2. The highest BCUT2D eigenvalue weighted by Crippen LogP contribution is 2.09. The van der Waals surface area contributed by atoms with E-state index in [-0.39, 0.29) is 0 Å². The van der Waals surface area contributed by atoms with Crippen LogP contribution in [-0.4, -0.2) is 16.1 Å². The molecule has 0 bridgehead atoms. The maximum atomic E-state index is 10.5. The van der Waals surface area contributed by atoms with E-state index in [9.17, 15) is 4.79 Å². The molecule has 0 N–H and O–H groups in total. The Hall–Kier alpha value is -1.38. The Morgan fingerprint density at radius 1 is 1.55 bits per heavy atom. The van der Waals surface area contributed by atoms with Crippen LogP contribution in [-0.2, 0) is 0 Å². The van der Waals surface area contributed by atoms with Gasteiger partial charge in [-0.15, -0.1) is 0 Å². The van der Waals surface area contributed by atoms with Gasteiger partial charge in [0, 0.05) is 6.20 Å². The minimum atomic E-state index is 0.657. The lowest BCUT2D eigenvalue weighted by Crippen LogP contribution is -1.91. The molecule has 0 saturated carbocycles. The molecule has 0 aliphatic rings. The molecule has 0 spiro atoms. The number of aromatic nitrogens is 2. The van der Waals surface area contributed by atoms with Crippen molar-refractivity contribution < 1.29 is 4.79 Å². The Labute approximate surface area is 65.3 Å². The van der Waals surface area contributed by atoms with Crippen molar-refractivity contribution >= 4 is 12.5 Å². The first-order valence-electron chi connectivity index (χ1n) is 3.34. The Kier molecular flexibility index (Phi) is 1.89. The second-order valence-electron chi connectivity index (χ2n) is 2.33. The van der Waals surface area contributed by atoms with Crippen LogP contribution in [0.5, 0.6) is 0 Å². The number of aldehydes is 1. The van der Waals surface area contributed by atoms with Crippen molar-refractivity contribution in [3.63, 3.8) is 0 Å². The number of carbonyl (C=O) groups excluding carboxylic acids is 1. The van der Waals surface area contributed by atoms with Gasteiger partial charge in [-0.1, -0.05) is 6.58 Å². The van der Waals surface area contributed by atoms with E-state index in [1.54, 1.807) is 17.8 Å². The summed E-state index contributed by atoms with van der Waals surface area (Å²) in [4.78, 5) is 10.5. The molecule has 0 aliphatic carbocycles. The van der Waals surface area contributed by atoms with Crippen molar-refractivity contribution in [3.8, 4) is 0 Å². The predicted octanol–water partition coefficient (Wildman–Crippen LogP) is 1.41. The van der Waals surface area contributed by atoms with Gasteiger partial charge >= 0.3 is 0 Å². The standard InChI is InChI=1S/C8H10N2O/c1-4-10-7(3)8(5-11)6(2)9-10/h4-5H,1H2,2-3H3. The second kappa shape index (κ2) is 2.70. The van der Waals surface area contributed by atoms with Crippen LogP contribution in [0.2, 0.25) is 0 Å². The van der Waals surface area contributed by atoms with E-state index < -0.39 is 0 Å². The molecule has 1 rings (SSSR count). The molecule has 0 fully saturated rings. The number of rotatable bonds is 2. The third-order valence-electron chi connectivity index (χ3n) is 1.67. The van der Waals surface area contributed by atoms with Crippen molar-refractivity contribution in [2.45, 2.75) is 13.8 Å². The van der Waals surface area contributed by atoms with E-state index in [2.05, 4.69) is 11.7 Å². The van der Waals surface area contributed by atoms with Gasteiger partial charge in [-0.3, -0.25) is 4.79 Å². The topological polar surface area (TPSA) is 34.9 Å². The van der Waals surface area contributed by atoms with Gasteiger partial charge in [-0.2, -0.15) is 5.10 Å². The van der Waals surface area contributed by atoms with Crippen molar-refractivity contribution in [2.24, 2.45) is 0 Å². The molecule has 3 nitrogen and oxygen atoms in total. The van der Waals surface area contributed by atoms with E-state index in [0.717, 1.165) is 17.7 Å². The van der Waals surface area contributed by atoms with Gasteiger partial charge in [0.05, 0.1) is 17.0 Å². The first kappa shape index (κ1) is 7.72. The summed E-state index contributed by atoms with van der Waals surface area (Å²) in [6, 6.07) is 0. The van der Waals surface area contributed by atoms with Gasteiger partial charge in [0.25, 0.3) is 0 Å². The third-order valence-corrected chi connectivity index (χ3v) is 1.67. The SMILES string of the molecule is C=Cn1nc(C)c(C=O)c1C. The summed E-state index contributed by atoms with van der Waals surface area (Å²) >= 11 is 0. The fraction of sp³-hybridized carbons (Fsp3) is 0.250. The number of aryl methyl sites for hydroxylation is 1. The van der Waals surface area contributed by atoms with Gasteiger partial charge in [0.15, 0.2) is 6.29 Å². The van der Waals surface area contributed by atoms with E-state index >= 15 is 0 Å². The van der Waals surface area contributed by atoms with Gasteiger partial charge in [0.1, 0.15) is 0 Å². The fourth-order valence-corrected chi connectivity index (χ4v) is 1.02. The summed E-state index contributed by atoms with van der Waals surface area (Å²) in [5, 5.41) is 4.07. The molecule has 0 aliphatic heterocycles. The van der Waals surface area contributed by atoms with Crippen molar-refractivity contribution in [2.75, 3.05) is 0 Å². The summed E-state index contributed by atoms with van der Waals surface area (Å²) in [5.74, 6) is 0. The summed E-state index contributed by atoms with van der Waals surface area (Å²) in [5.41, 5.74) is 2.25. The van der Waals surface area contributed by atoms with E-state index in [1.807, 2.05) is 6.92 Å². The van der Waals surface area contributed by atoms with E-state index in [0.29, 0.717) is 5.56 Å².